The van der Waals surface area contributed by atoms with Crippen LogP contribution in [-0.4, -0.2) is 49.6 Å². The molecule has 0 unspecified atom stereocenters. The van der Waals surface area contributed by atoms with Gasteiger partial charge in [-0.1, -0.05) is 17.7 Å². The second-order valence-electron chi connectivity index (χ2n) is 4.24. The summed E-state index contributed by atoms with van der Waals surface area (Å²) in [5.74, 6) is -0.358. The third-order valence-corrected chi connectivity index (χ3v) is 3.20. The van der Waals surface area contributed by atoms with E-state index >= 15 is 0 Å². The van der Waals surface area contributed by atoms with Crippen LogP contribution in [0.15, 0.2) is 24.3 Å². The van der Waals surface area contributed by atoms with E-state index in [-0.39, 0.29) is 18.4 Å². The molecule has 6 heteroatoms. The van der Waals surface area contributed by atoms with E-state index < -0.39 is 6.10 Å². The quantitative estimate of drug-likeness (QED) is 0.878. The van der Waals surface area contributed by atoms with Gasteiger partial charge in [0.25, 0.3) is 11.8 Å². The van der Waals surface area contributed by atoms with Gasteiger partial charge in [-0.3, -0.25) is 9.59 Å². The topological polar surface area (TPSA) is 58.6 Å². The number of morpholine rings is 1. The van der Waals surface area contributed by atoms with E-state index in [9.17, 15) is 9.59 Å². The number of carbonyl (C=O) groups excluding carboxylic acids is 2. The van der Waals surface area contributed by atoms with Crippen molar-refractivity contribution in [1.29, 1.82) is 0 Å². The summed E-state index contributed by atoms with van der Waals surface area (Å²) in [5, 5.41) is 3.04. The zero-order valence-corrected chi connectivity index (χ0v) is 11.3. The number of amides is 2. The lowest BCUT2D eigenvalue weighted by molar-refractivity contribution is -0.136. The van der Waals surface area contributed by atoms with Crippen LogP contribution in [-0.2, 0) is 9.53 Å². The Morgan fingerprint density at radius 1 is 1.47 bits per heavy atom. The van der Waals surface area contributed by atoms with Crippen LogP contribution in [0.1, 0.15) is 10.4 Å². The van der Waals surface area contributed by atoms with E-state index in [4.69, 9.17) is 16.3 Å². The first-order valence-corrected chi connectivity index (χ1v) is 6.37. The van der Waals surface area contributed by atoms with E-state index in [0.29, 0.717) is 23.7 Å². The van der Waals surface area contributed by atoms with Crippen LogP contribution < -0.4 is 5.32 Å². The summed E-state index contributed by atoms with van der Waals surface area (Å²) in [5.41, 5.74) is 0.519. The first-order valence-electron chi connectivity index (χ1n) is 6.00. The zero-order chi connectivity index (χ0) is 13.8. The molecular weight excluding hydrogens is 268 g/mol. The van der Waals surface area contributed by atoms with Gasteiger partial charge in [-0.2, -0.15) is 0 Å². The third-order valence-electron chi connectivity index (χ3n) is 2.96. The predicted molar refractivity (Wildman–Crippen MR) is 71.2 cm³/mol. The number of carbonyl (C=O) groups is 2. The molecule has 1 aromatic rings. The molecule has 1 N–H and O–H groups in total. The summed E-state index contributed by atoms with van der Waals surface area (Å²) in [4.78, 5) is 25.4. The van der Waals surface area contributed by atoms with Crippen LogP contribution in [0.4, 0.5) is 0 Å². The number of halogens is 1. The molecule has 0 aliphatic carbocycles. The van der Waals surface area contributed by atoms with E-state index in [2.05, 4.69) is 5.32 Å². The first-order chi connectivity index (χ1) is 9.11. The molecule has 0 radical (unpaired) electrons. The molecule has 2 rings (SSSR count). The van der Waals surface area contributed by atoms with Crippen molar-refractivity contribution in [3.05, 3.63) is 34.9 Å². The Balaban J connectivity index is 2.09. The number of hydrogen-bond donors (Lipinski definition) is 1. The van der Waals surface area contributed by atoms with Crippen molar-refractivity contribution in [3.63, 3.8) is 0 Å². The molecule has 1 heterocycles. The Kier molecular flexibility index (Phi) is 4.39. The largest absolute Gasteiger partial charge is 0.365 e. The fourth-order valence-corrected chi connectivity index (χ4v) is 2.15. The van der Waals surface area contributed by atoms with Gasteiger partial charge in [0.05, 0.1) is 13.2 Å². The summed E-state index contributed by atoms with van der Waals surface area (Å²) in [7, 11) is 1.55. The van der Waals surface area contributed by atoms with Crippen molar-refractivity contribution in [2.24, 2.45) is 0 Å². The molecule has 1 aromatic carbocycles. The maximum absolute atomic E-state index is 12.3. The Hall–Kier alpha value is -1.59. The van der Waals surface area contributed by atoms with E-state index in [1.54, 1.807) is 36.2 Å². The Bertz CT molecular complexity index is 493. The van der Waals surface area contributed by atoms with Crippen molar-refractivity contribution in [3.8, 4) is 0 Å². The van der Waals surface area contributed by atoms with Gasteiger partial charge in [-0.25, -0.2) is 0 Å². The first kappa shape index (κ1) is 13.8. The van der Waals surface area contributed by atoms with Crippen molar-refractivity contribution in [2.45, 2.75) is 6.10 Å². The average molecular weight is 283 g/mol. The van der Waals surface area contributed by atoms with E-state index in [1.165, 1.54) is 0 Å². The minimum absolute atomic E-state index is 0.139. The molecule has 1 atom stereocenters. The standard InChI is InChI=1S/C13H15ClN2O3/c1-15-12(17)11-8-16(5-6-19-11)13(18)9-3-2-4-10(14)7-9/h2-4,7,11H,5-6,8H2,1H3,(H,15,17)/t11-/m0/s1. The minimum Gasteiger partial charge on any atom is -0.365 e. The van der Waals surface area contributed by atoms with Crippen LogP contribution in [0.3, 0.4) is 0 Å². The maximum atomic E-state index is 12.3. The lowest BCUT2D eigenvalue weighted by atomic mass is 10.1. The summed E-state index contributed by atoms with van der Waals surface area (Å²) in [6.45, 7) is 1.08. The molecule has 1 aliphatic heterocycles. The Morgan fingerprint density at radius 3 is 2.95 bits per heavy atom. The smallest absolute Gasteiger partial charge is 0.254 e. The summed E-state index contributed by atoms with van der Waals surface area (Å²) >= 11 is 5.87. The lowest BCUT2D eigenvalue weighted by Crippen LogP contribution is -2.51. The highest BCUT2D eigenvalue weighted by atomic mass is 35.5. The molecule has 0 aromatic heterocycles. The number of rotatable bonds is 2. The second-order valence-corrected chi connectivity index (χ2v) is 4.67. The molecule has 0 saturated carbocycles. The molecule has 5 nitrogen and oxygen atoms in total. The van der Waals surface area contributed by atoms with Gasteiger partial charge in [0.1, 0.15) is 0 Å². The highest BCUT2D eigenvalue weighted by Gasteiger charge is 2.29. The highest BCUT2D eigenvalue weighted by Crippen LogP contribution is 2.15. The van der Waals surface area contributed by atoms with Gasteiger partial charge >= 0.3 is 0 Å². The molecule has 1 fully saturated rings. The average Bonchev–Trinajstić information content (AvgIpc) is 2.45. The molecular formula is C13H15ClN2O3. The monoisotopic (exact) mass is 282 g/mol. The number of nitrogens with one attached hydrogen (secondary N) is 1. The molecule has 1 aliphatic rings. The number of hydrogen-bond acceptors (Lipinski definition) is 3. The predicted octanol–water partition coefficient (Wildman–Crippen LogP) is 0.927. The minimum atomic E-state index is -0.609. The van der Waals surface area contributed by atoms with Gasteiger partial charge in [0.15, 0.2) is 6.10 Å². The number of likely N-dealkylation sites (N-methyl/N-ethyl adjacent to an activating group) is 1. The number of nitrogens with zero attached hydrogens (tertiary/aromatic N) is 1. The fourth-order valence-electron chi connectivity index (χ4n) is 1.96. The van der Waals surface area contributed by atoms with Crippen LogP contribution in [0, 0.1) is 0 Å². The molecule has 102 valence electrons. The molecule has 19 heavy (non-hydrogen) atoms. The van der Waals surface area contributed by atoms with Gasteiger partial charge < -0.3 is 15.0 Å². The fraction of sp³-hybridized carbons (Fsp3) is 0.385. The Morgan fingerprint density at radius 2 is 2.26 bits per heavy atom. The molecule has 2 amide bonds. The van der Waals surface area contributed by atoms with E-state index in [0.717, 1.165) is 0 Å². The molecule has 1 saturated heterocycles. The SMILES string of the molecule is CNC(=O)[C@@H]1CN(C(=O)c2cccc(Cl)c2)CCO1. The van der Waals surface area contributed by atoms with Crippen molar-refractivity contribution < 1.29 is 14.3 Å². The lowest BCUT2D eigenvalue weighted by Gasteiger charge is -2.32. The normalized spacial score (nSPS) is 19.1. The second kappa shape index (κ2) is 6.04. The van der Waals surface area contributed by atoms with Gasteiger partial charge in [-0.05, 0) is 18.2 Å². The van der Waals surface area contributed by atoms with E-state index in [1.807, 2.05) is 0 Å². The number of benzene rings is 1. The van der Waals surface area contributed by atoms with Gasteiger partial charge in [0, 0.05) is 24.2 Å². The van der Waals surface area contributed by atoms with Crippen LogP contribution in [0.2, 0.25) is 5.02 Å². The van der Waals surface area contributed by atoms with Crippen LogP contribution in [0.5, 0.6) is 0 Å². The van der Waals surface area contributed by atoms with Crippen molar-refractivity contribution in [2.75, 3.05) is 26.7 Å². The Labute approximate surface area is 116 Å². The van der Waals surface area contributed by atoms with Gasteiger partial charge in [-0.15, -0.1) is 0 Å². The maximum Gasteiger partial charge on any atom is 0.254 e. The summed E-state index contributed by atoms with van der Waals surface area (Å²) in [6, 6.07) is 6.77. The third kappa shape index (κ3) is 3.24. The van der Waals surface area contributed by atoms with Crippen molar-refractivity contribution in [1.82, 2.24) is 10.2 Å². The van der Waals surface area contributed by atoms with Crippen LogP contribution >= 0.6 is 11.6 Å². The van der Waals surface area contributed by atoms with Gasteiger partial charge in [0.2, 0.25) is 0 Å². The molecule has 0 spiro atoms. The van der Waals surface area contributed by atoms with Crippen LogP contribution in [0.25, 0.3) is 0 Å². The highest BCUT2D eigenvalue weighted by molar-refractivity contribution is 6.30. The number of ether oxygens (including phenoxy) is 1. The molecule has 0 bridgehead atoms. The summed E-state index contributed by atoms with van der Waals surface area (Å²) < 4.78 is 5.34. The van der Waals surface area contributed by atoms with Crippen molar-refractivity contribution >= 4 is 23.4 Å². The zero-order valence-electron chi connectivity index (χ0n) is 10.6. The summed E-state index contributed by atoms with van der Waals surface area (Å²) in [6.07, 6.45) is -0.609.